The van der Waals surface area contributed by atoms with Crippen molar-refractivity contribution in [2.24, 2.45) is 0 Å². The van der Waals surface area contributed by atoms with E-state index in [1.165, 1.54) is 12.8 Å². The SMILES string of the molecule is CC.CCCCCOCCOCCNC(=O)NCCOCCOCCOCCOCCOCCOCCC(=O)O.CSC1CCOC(CO)C1. The first kappa shape index (κ1) is 50.8. The number of aliphatic carboxylic acids is 1. The Morgan fingerprint density at radius 2 is 1.10 bits per heavy atom. The summed E-state index contributed by atoms with van der Waals surface area (Å²) in [6.45, 7) is 15.3. The molecule has 0 aromatic rings. The van der Waals surface area contributed by atoms with Gasteiger partial charge < -0.3 is 63.5 Å². The molecule has 16 heteroatoms. The molecule has 1 aliphatic heterocycles. The molecule has 1 aliphatic rings. The van der Waals surface area contributed by atoms with Gasteiger partial charge in [-0.15, -0.1) is 0 Å². The Kier molecular flexibility index (Phi) is 44.6. The minimum atomic E-state index is -0.877. The zero-order valence-electron chi connectivity index (χ0n) is 31.3. The van der Waals surface area contributed by atoms with E-state index in [2.05, 4.69) is 23.8 Å². The molecule has 50 heavy (non-hydrogen) atoms. The van der Waals surface area contributed by atoms with E-state index in [9.17, 15) is 9.59 Å². The summed E-state index contributed by atoms with van der Waals surface area (Å²) in [5.41, 5.74) is 0. The number of amides is 2. The summed E-state index contributed by atoms with van der Waals surface area (Å²) in [5.74, 6) is -0.877. The number of hydrogen-bond donors (Lipinski definition) is 4. The molecule has 2 unspecified atom stereocenters. The van der Waals surface area contributed by atoms with Crippen molar-refractivity contribution >= 4 is 23.8 Å². The predicted molar refractivity (Wildman–Crippen MR) is 194 cm³/mol. The van der Waals surface area contributed by atoms with Crippen LogP contribution in [0.1, 0.15) is 59.3 Å². The monoisotopic (exact) mass is 746 g/mol. The Labute approximate surface area is 305 Å². The summed E-state index contributed by atoms with van der Waals surface area (Å²) < 4.78 is 48.1. The lowest BCUT2D eigenvalue weighted by molar-refractivity contribution is -0.138. The van der Waals surface area contributed by atoms with Gasteiger partial charge in [0.25, 0.3) is 0 Å². The molecule has 4 N–H and O–H groups in total. The van der Waals surface area contributed by atoms with Gasteiger partial charge in [0.2, 0.25) is 0 Å². The third-order valence-electron chi connectivity index (χ3n) is 6.50. The lowest BCUT2D eigenvalue weighted by Gasteiger charge is -2.26. The normalized spacial score (nSPS) is 15.4. The average molecular weight is 747 g/mol. The average Bonchev–Trinajstić information content (AvgIpc) is 3.14. The van der Waals surface area contributed by atoms with Crippen LogP contribution in [0.25, 0.3) is 0 Å². The molecule has 0 aliphatic carbocycles. The van der Waals surface area contributed by atoms with Gasteiger partial charge in [0.1, 0.15) is 0 Å². The molecule has 1 rings (SSSR count). The molecule has 300 valence electrons. The molecule has 0 saturated carbocycles. The van der Waals surface area contributed by atoms with Crippen LogP contribution in [0.2, 0.25) is 0 Å². The summed E-state index contributed by atoms with van der Waals surface area (Å²) in [7, 11) is 0. The number of carboxylic acid groups (broad SMARTS) is 1. The van der Waals surface area contributed by atoms with E-state index in [1.54, 1.807) is 0 Å². The molecule has 0 radical (unpaired) electrons. The Hall–Kier alpha value is -1.31. The van der Waals surface area contributed by atoms with E-state index in [1.807, 2.05) is 25.6 Å². The van der Waals surface area contributed by atoms with Crippen LogP contribution in [0, 0.1) is 0 Å². The minimum Gasteiger partial charge on any atom is -0.481 e. The number of urea groups is 1. The summed E-state index contributed by atoms with van der Waals surface area (Å²) in [4.78, 5) is 22.0. The van der Waals surface area contributed by atoms with Crippen molar-refractivity contribution in [2.45, 2.75) is 70.7 Å². The zero-order valence-corrected chi connectivity index (χ0v) is 32.1. The largest absolute Gasteiger partial charge is 0.481 e. The van der Waals surface area contributed by atoms with E-state index >= 15 is 0 Å². The lowest BCUT2D eigenvalue weighted by Crippen LogP contribution is -2.39. The Morgan fingerprint density at radius 3 is 1.50 bits per heavy atom. The molecular weight excluding hydrogens is 676 g/mol. The number of carboxylic acids is 1. The highest BCUT2D eigenvalue weighted by molar-refractivity contribution is 7.99. The number of aliphatic hydroxyl groups is 1. The standard InChI is InChI=1S/C25H50N2O11.C7H14O2S.C2H6/c1-2-3-4-8-31-12-14-33-10-6-26-25(30)27-7-11-34-15-17-36-19-21-38-23-22-37-20-18-35-16-13-32-9-5-24(28)29;1-10-7-2-3-9-6(4-7)5-8;1-2/h2-23H2,1H3,(H,28,29)(H2,26,27,30);6-8H,2-5H2,1H3;1-2H3. The minimum absolute atomic E-state index is 0.00487. The van der Waals surface area contributed by atoms with Gasteiger partial charge in [0.15, 0.2) is 0 Å². The first-order valence-corrected chi connectivity index (χ1v) is 19.4. The summed E-state index contributed by atoms with van der Waals surface area (Å²) in [6.07, 6.45) is 7.81. The number of nitrogens with one attached hydrogen (secondary N) is 2. The molecule has 1 saturated heterocycles. The van der Waals surface area contributed by atoms with Crippen LogP contribution in [0.5, 0.6) is 0 Å². The molecule has 0 aromatic heterocycles. The molecular formula is C34H70N2O13S. The smallest absolute Gasteiger partial charge is 0.314 e. The van der Waals surface area contributed by atoms with Crippen molar-refractivity contribution in [3.63, 3.8) is 0 Å². The van der Waals surface area contributed by atoms with Crippen LogP contribution in [-0.2, 0) is 47.4 Å². The third kappa shape index (κ3) is 41.1. The quantitative estimate of drug-likeness (QED) is 0.0720. The maximum Gasteiger partial charge on any atom is 0.314 e. The van der Waals surface area contributed by atoms with E-state index in [-0.39, 0.29) is 31.8 Å². The van der Waals surface area contributed by atoms with Crippen molar-refractivity contribution < 1.29 is 62.4 Å². The number of carbonyl (C=O) groups excluding carboxylic acids is 1. The lowest BCUT2D eigenvalue weighted by atomic mass is 10.1. The fourth-order valence-electron chi connectivity index (χ4n) is 3.86. The topological polar surface area (TPSA) is 182 Å². The van der Waals surface area contributed by atoms with Gasteiger partial charge >= 0.3 is 12.0 Å². The number of rotatable bonds is 33. The van der Waals surface area contributed by atoms with Crippen molar-refractivity contribution in [1.82, 2.24) is 10.6 Å². The van der Waals surface area contributed by atoms with Gasteiger partial charge in [-0.1, -0.05) is 33.6 Å². The fourth-order valence-corrected chi connectivity index (χ4v) is 4.60. The second-order valence-corrected chi connectivity index (χ2v) is 11.6. The van der Waals surface area contributed by atoms with Crippen LogP contribution >= 0.6 is 11.8 Å². The van der Waals surface area contributed by atoms with Crippen molar-refractivity contribution in [2.75, 3.05) is 138 Å². The molecule has 2 amide bonds. The van der Waals surface area contributed by atoms with Gasteiger partial charge in [-0.05, 0) is 25.5 Å². The van der Waals surface area contributed by atoms with Gasteiger partial charge in [-0.25, -0.2) is 4.79 Å². The number of unbranched alkanes of at least 4 members (excludes halogenated alkanes) is 2. The Bertz CT molecular complexity index is 692. The highest BCUT2D eigenvalue weighted by Crippen LogP contribution is 2.22. The number of thioether (sulfide) groups is 1. The fraction of sp³-hybridized carbons (Fsp3) is 0.941. The van der Waals surface area contributed by atoms with Gasteiger partial charge in [-0.2, -0.15) is 11.8 Å². The molecule has 0 spiro atoms. The van der Waals surface area contributed by atoms with E-state index in [4.69, 9.17) is 52.8 Å². The molecule has 1 heterocycles. The van der Waals surface area contributed by atoms with Crippen molar-refractivity contribution in [1.29, 1.82) is 0 Å². The second kappa shape index (κ2) is 43.9. The van der Waals surface area contributed by atoms with Crippen LogP contribution in [0.4, 0.5) is 4.79 Å². The molecule has 0 bridgehead atoms. The van der Waals surface area contributed by atoms with Gasteiger partial charge in [-0.3, -0.25) is 4.79 Å². The summed E-state index contributed by atoms with van der Waals surface area (Å²) in [6, 6.07) is -0.252. The first-order chi connectivity index (χ1) is 24.5. The summed E-state index contributed by atoms with van der Waals surface area (Å²) >= 11 is 1.87. The first-order valence-electron chi connectivity index (χ1n) is 18.1. The molecule has 15 nitrogen and oxygen atoms in total. The zero-order chi connectivity index (χ0) is 37.2. The highest BCUT2D eigenvalue weighted by atomic mass is 32.2. The number of hydrogen-bond acceptors (Lipinski definition) is 13. The third-order valence-corrected chi connectivity index (χ3v) is 7.60. The van der Waals surface area contributed by atoms with Crippen LogP contribution in [-0.4, -0.2) is 172 Å². The van der Waals surface area contributed by atoms with Crippen LogP contribution < -0.4 is 10.6 Å². The number of carbonyl (C=O) groups is 2. The van der Waals surface area contributed by atoms with Crippen molar-refractivity contribution in [3.8, 4) is 0 Å². The molecule has 0 aromatic carbocycles. The molecule has 2 atom stereocenters. The van der Waals surface area contributed by atoms with Crippen molar-refractivity contribution in [3.05, 3.63) is 0 Å². The Balaban J connectivity index is 0. The van der Waals surface area contributed by atoms with E-state index in [0.29, 0.717) is 111 Å². The predicted octanol–water partition coefficient (Wildman–Crippen LogP) is 3.00. The van der Waals surface area contributed by atoms with Crippen LogP contribution in [0.3, 0.4) is 0 Å². The highest BCUT2D eigenvalue weighted by Gasteiger charge is 2.20. The summed E-state index contributed by atoms with van der Waals surface area (Å²) in [5, 5.41) is 23.4. The van der Waals surface area contributed by atoms with Gasteiger partial charge in [0.05, 0.1) is 118 Å². The molecule has 1 fully saturated rings. The maximum atomic E-state index is 11.7. The Morgan fingerprint density at radius 1 is 0.680 bits per heavy atom. The number of aliphatic hydroxyl groups excluding tert-OH is 1. The second-order valence-electron chi connectivity index (χ2n) is 10.5. The number of ether oxygens (including phenoxy) is 9. The van der Waals surface area contributed by atoms with E-state index in [0.717, 1.165) is 32.5 Å². The van der Waals surface area contributed by atoms with Gasteiger partial charge in [0, 0.05) is 31.6 Å². The van der Waals surface area contributed by atoms with E-state index < -0.39 is 5.97 Å². The van der Waals surface area contributed by atoms with Crippen LogP contribution in [0.15, 0.2) is 0 Å². The maximum absolute atomic E-state index is 11.7.